The van der Waals surface area contributed by atoms with E-state index in [9.17, 15) is 4.79 Å². The van der Waals surface area contributed by atoms with Gasteiger partial charge >= 0.3 is 0 Å². The molecule has 0 aliphatic heterocycles. The van der Waals surface area contributed by atoms with Crippen LogP contribution in [0.15, 0.2) is 0 Å². The summed E-state index contributed by atoms with van der Waals surface area (Å²) in [5, 5.41) is 0. The van der Waals surface area contributed by atoms with Gasteiger partial charge in [-0.3, -0.25) is 4.79 Å². The van der Waals surface area contributed by atoms with Gasteiger partial charge in [-0.05, 0) is 23.8 Å². The van der Waals surface area contributed by atoms with Crippen LogP contribution in [-0.4, -0.2) is 30.4 Å². The van der Waals surface area contributed by atoms with Gasteiger partial charge in [0.15, 0.2) is 0 Å². The first-order chi connectivity index (χ1) is 7.61. The maximum Gasteiger partial charge on any atom is 0.223 e. The fourth-order valence-corrected chi connectivity index (χ4v) is 1.71. The standard InChI is InChI=1S/C14H30N2O/c1-7-8-16(11-14(5,6)10-15)12(17)9-13(2,3)4/h7-11,15H2,1-6H3. The van der Waals surface area contributed by atoms with E-state index in [2.05, 4.69) is 41.5 Å². The molecule has 17 heavy (non-hydrogen) atoms. The molecule has 1 amide bonds. The molecule has 0 aromatic heterocycles. The number of rotatable bonds is 6. The van der Waals surface area contributed by atoms with E-state index in [4.69, 9.17) is 5.73 Å². The first kappa shape index (κ1) is 16.4. The van der Waals surface area contributed by atoms with Crippen molar-refractivity contribution >= 4 is 5.91 Å². The van der Waals surface area contributed by atoms with Crippen molar-refractivity contribution in [1.29, 1.82) is 0 Å². The van der Waals surface area contributed by atoms with E-state index in [1.54, 1.807) is 0 Å². The molecule has 0 atom stereocenters. The smallest absolute Gasteiger partial charge is 0.223 e. The second-order valence-electron chi connectivity index (χ2n) is 6.92. The molecular weight excluding hydrogens is 212 g/mol. The van der Waals surface area contributed by atoms with Gasteiger partial charge in [0.25, 0.3) is 0 Å². The van der Waals surface area contributed by atoms with Crippen molar-refractivity contribution in [1.82, 2.24) is 4.90 Å². The molecule has 3 heteroatoms. The second kappa shape index (κ2) is 6.39. The van der Waals surface area contributed by atoms with Gasteiger partial charge < -0.3 is 10.6 Å². The van der Waals surface area contributed by atoms with Crippen molar-refractivity contribution in [3.05, 3.63) is 0 Å². The van der Waals surface area contributed by atoms with E-state index < -0.39 is 0 Å². The number of hydrogen-bond acceptors (Lipinski definition) is 2. The van der Waals surface area contributed by atoms with Crippen LogP contribution in [0.2, 0.25) is 0 Å². The zero-order valence-electron chi connectivity index (χ0n) is 12.5. The van der Waals surface area contributed by atoms with Crippen molar-refractivity contribution < 1.29 is 4.79 Å². The summed E-state index contributed by atoms with van der Waals surface area (Å²) in [4.78, 5) is 14.2. The quantitative estimate of drug-likeness (QED) is 0.778. The van der Waals surface area contributed by atoms with Crippen molar-refractivity contribution in [3.8, 4) is 0 Å². The van der Waals surface area contributed by atoms with Gasteiger partial charge in [0.1, 0.15) is 0 Å². The molecular formula is C14H30N2O. The zero-order chi connectivity index (χ0) is 13.7. The van der Waals surface area contributed by atoms with Gasteiger partial charge in [0, 0.05) is 19.5 Å². The predicted octanol–water partition coefficient (Wildman–Crippen LogP) is 2.65. The van der Waals surface area contributed by atoms with Crippen LogP contribution in [0.25, 0.3) is 0 Å². The number of hydrogen-bond donors (Lipinski definition) is 1. The Morgan fingerprint density at radius 1 is 1.18 bits per heavy atom. The number of amides is 1. The minimum atomic E-state index is 0.00269. The Bertz CT molecular complexity index is 241. The molecule has 0 rings (SSSR count). The highest BCUT2D eigenvalue weighted by Crippen LogP contribution is 2.22. The van der Waals surface area contributed by atoms with Crippen LogP contribution in [0.3, 0.4) is 0 Å². The lowest BCUT2D eigenvalue weighted by atomic mass is 9.89. The Balaban J connectivity index is 4.57. The fourth-order valence-electron chi connectivity index (χ4n) is 1.71. The maximum atomic E-state index is 12.2. The molecule has 0 unspecified atom stereocenters. The van der Waals surface area contributed by atoms with Crippen molar-refractivity contribution in [2.45, 2.75) is 54.4 Å². The highest BCUT2D eigenvalue weighted by molar-refractivity contribution is 5.76. The largest absolute Gasteiger partial charge is 0.342 e. The van der Waals surface area contributed by atoms with Gasteiger partial charge in [-0.15, -0.1) is 0 Å². The van der Waals surface area contributed by atoms with Crippen LogP contribution in [0.4, 0.5) is 0 Å². The summed E-state index contributed by atoms with van der Waals surface area (Å²) in [6.45, 7) is 14.8. The third-order valence-electron chi connectivity index (χ3n) is 2.70. The number of nitrogens with zero attached hydrogens (tertiary/aromatic N) is 1. The number of carbonyl (C=O) groups excluding carboxylic acids is 1. The molecule has 0 radical (unpaired) electrons. The summed E-state index contributed by atoms with van der Waals surface area (Å²) in [6.07, 6.45) is 1.60. The van der Waals surface area contributed by atoms with Crippen LogP contribution in [0.1, 0.15) is 54.4 Å². The molecule has 0 aromatic rings. The second-order valence-corrected chi connectivity index (χ2v) is 6.92. The maximum absolute atomic E-state index is 12.2. The summed E-state index contributed by atoms with van der Waals surface area (Å²) in [5.74, 6) is 0.251. The summed E-state index contributed by atoms with van der Waals surface area (Å²) in [5.41, 5.74) is 5.79. The van der Waals surface area contributed by atoms with Gasteiger partial charge in [-0.1, -0.05) is 41.5 Å². The molecule has 0 aliphatic rings. The third kappa shape index (κ3) is 7.37. The summed E-state index contributed by atoms with van der Waals surface area (Å²) in [7, 11) is 0. The van der Waals surface area contributed by atoms with Gasteiger partial charge in [0.05, 0.1) is 0 Å². The lowest BCUT2D eigenvalue weighted by Crippen LogP contribution is -2.43. The van der Waals surface area contributed by atoms with E-state index in [0.29, 0.717) is 13.0 Å². The summed E-state index contributed by atoms with van der Waals surface area (Å²) < 4.78 is 0. The number of nitrogens with two attached hydrogens (primary N) is 1. The Labute approximate surface area is 107 Å². The van der Waals surface area contributed by atoms with E-state index in [1.165, 1.54) is 0 Å². The SMILES string of the molecule is CCCN(CC(C)(C)CN)C(=O)CC(C)(C)C. The Morgan fingerprint density at radius 2 is 1.71 bits per heavy atom. The molecule has 0 aromatic carbocycles. The molecule has 2 N–H and O–H groups in total. The first-order valence-electron chi connectivity index (χ1n) is 6.59. The Morgan fingerprint density at radius 3 is 2.06 bits per heavy atom. The minimum Gasteiger partial charge on any atom is -0.342 e. The van der Waals surface area contributed by atoms with E-state index >= 15 is 0 Å². The van der Waals surface area contributed by atoms with Crippen LogP contribution in [0.5, 0.6) is 0 Å². The first-order valence-corrected chi connectivity index (χ1v) is 6.59. The van der Waals surface area contributed by atoms with Gasteiger partial charge in [0.2, 0.25) is 5.91 Å². The van der Waals surface area contributed by atoms with Crippen LogP contribution < -0.4 is 5.73 Å². The van der Waals surface area contributed by atoms with E-state index in [1.807, 2.05) is 4.90 Å². The van der Waals surface area contributed by atoms with Gasteiger partial charge in [-0.25, -0.2) is 0 Å². The highest BCUT2D eigenvalue weighted by atomic mass is 16.2. The molecule has 0 bridgehead atoms. The van der Waals surface area contributed by atoms with Crippen molar-refractivity contribution in [2.24, 2.45) is 16.6 Å². The fraction of sp³-hybridized carbons (Fsp3) is 0.929. The van der Waals surface area contributed by atoms with Crippen LogP contribution in [-0.2, 0) is 4.79 Å². The topological polar surface area (TPSA) is 46.3 Å². The highest BCUT2D eigenvalue weighted by Gasteiger charge is 2.25. The Kier molecular flexibility index (Phi) is 6.17. The molecule has 0 spiro atoms. The van der Waals surface area contributed by atoms with Crippen LogP contribution >= 0.6 is 0 Å². The average Bonchev–Trinajstić information content (AvgIpc) is 2.14. The lowest BCUT2D eigenvalue weighted by molar-refractivity contribution is -0.134. The minimum absolute atomic E-state index is 0.00269. The predicted molar refractivity (Wildman–Crippen MR) is 73.8 cm³/mol. The molecule has 0 aliphatic carbocycles. The molecule has 0 saturated heterocycles. The monoisotopic (exact) mass is 242 g/mol. The lowest BCUT2D eigenvalue weighted by Gasteiger charge is -2.33. The van der Waals surface area contributed by atoms with E-state index in [-0.39, 0.29) is 16.7 Å². The average molecular weight is 242 g/mol. The van der Waals surface area contributed by atoms with Crippen LogP contribution in [0, 0.1) is 10.8 Å². The molecule has 0 fully saturated rings. The van der Waals surface area contributed by atoms with Gasteiger partial charge in [-0.2, -0.15) is 0 Å². The number of carbonyl (C=O) groups is 1. The Hall–Kier alpha value is -0.570. The molecule has 102 valence electrons. The zero-order valence-corrected chi connectivity index (χ0v) is 12.5. The molecule has 0 heterocycles. The normalized spacial score (nSPS) is 12.6. The van der Waals surface area contributed by atoms with Crippen molar-refractivity contribution in [3.63, 3.8) is 0 Å². The van der Waals surface area contributed by atoms with E-state index in [0.717, 1.165) is 19.5 Å². The third-order valence-corrected chi connectivity index (χ3v) is 2.70. The summed E-state index contributed by atoms with van der Waals surface area (Å²) in [6, 6.07) is 0. The summed E-state index contributed by atoms with van der Waals surface area (Å²) >= 11 is 0. The van der Waals surface area contributed by atoms with Crippen molar-refractivity contribution in [2.75, 3.05) is 19.6 Å². The molecule has 3 nitrogen and oxygen atoms in total. The molecule has 0 saturated carbocycles.